The number of fused-ring (bicyclic) bond motifs is 2. The van der Waals surface area contributed by atoms with E-state index in [0.717, 1.165) is 10.2 Å². The number of nitrogens with one attached hydrogen (secondary N) is 2. The normalized spacial score (nSPS) is 12.9. The molecule has 28 heavy (non-hydrogen) atoms. The Hall–Kier alpha value is -3.65. The number of nitrogens with zero attached hydrogens (tertiary/aromatic N) is 1. The van der Waals surface area contributed by atoms with Gasteiger partial charge in [-0.15, -0.1) is 11.3 Å². The maximum absolute atomic E-state index is 12.5. The molecule has 0 atom stereocenters. The number of aromatic nitrogens is 1. The van der Waals surface area contributed by atoms with Crippen LogP contribution in [0.1, 0.15) is 10.6 Å². The number of rotatable bonds is 3. The standard InChI is InChI=1S/C20H13N3O4S/c24-18-10-26-14-6-5-11(9-13(14)22-18)21-19(25)15-7-8-16(27-15)20-23-12-3-1-2-4-17(12)28-20/h1-9H,10H2,(H,21,25)(H,22,24). The first kappa shape index (κ1) is 16.5. The molecule has 5 rings (SSSR count). The first-order valence-electron chi connectivity index (χ1n) is 8.49. The van der Waals surface area contributed by atoms with Crippen molar-refractivity contribution in [3.05, 3.63) is 60.4 Å². The highest BCUT2D eigenvalue weighted by Gasteiger charge is 2.18. The van der Waals surface area contributed by atoms with Crippen molar-refractivity contribution in [2.45, 2.75) is 0 Å². The summed E-state index contributed by atoms with van der Waals surface area (Å²) in [6, 6.07) is 16.2. The summed E-state index contributed by atoms with van der Waals surface area (Å²) in [5.74, 6) is 0.649. The smallest absolute Gasteiger partial charge is 0.291 e. The lowest BCUT2D eigenvalue weighted by atomic mass is 10.2. The molecule has 2 amide bonds. The second-order valence-corrected chi connectivity index (χ2v) is 7.18. The number of carbonyl (C=O) groups excluding carboxylic acids is 2. The Morgan fingerprint density at radius 1 is 1.14 bits per heavy atom. The third kappa shape index (κ3) is 2.99. The SMILES string of the molecule is O=C1COc2ccc(NC(=O)c3ccc(-c4nc5ccccc5s4)o3)cc2N1. The van der Waals surface area contributed by atoms with Crippen molar-refractivity contribution in [3.8, 4) is 16.5 Å². The second kappa shape index (κ2) is 6.50. The van der Waals surface area contributed by atoms with Crippen LogP contribution in [-0.2, 0) is 4.79 Å². The van der Waals surface area contributed by atoms with E-state index in [1.807, 2.05) is 24.3 Å². The molecule has 0 aliphatic carbocycles. The molecule has 3 heterocycles. The van der Waals surface area contributed by atoms with Crippen molar-refractivity contribution in [1.82, 2.24) is 4.98 Å². The van der Waals surface area contributed by atoms with Gasteiger partial charge in [-0.05, 0) is 42.5 Å². The molecule has 8 heteroatoms. The van der Waals surface area contributed by atoms with E-state index in [1.54, 1.807) is 30.3 Å². The van der Waals surface area contributed by atoms with E-state index >= 15 is 0 Å². The quantitative estimate of drug-likeness (QED) is 0.547. The highest BCUT2D eigenvalue weighted by Crippen LogP contribution is 2.32. The molecule has 2 aromatic heterocycles. The zero-order valence-corrected chi connectivity index (χ0v) is 15.2. The Morgan fingerprint density at radius 3 is 2.93 bits per heavy atom. The number of furan rings is 1. The molecule has 1 aliphatic heterocycles. The summed E-state index contributed by atoms with van der Waals surface area (Å²) in [5.41, 5.74) is 1.93. The molecule has 0 fully saturated rings. The summed E-state index contributed by atoms with van der Waals surface area (Å²) in [6.45, 7) is -0.0142. The van der Waals surface area contributed by atoms with Gasteiger partial charge in [-0.25, -0.2) is 4.98 Å². The highest BCUT2D eigenvalue weighted by molar-refractivity contribution is 7.21. The minimum absolute atomic E-state index is 0.0142. The fourth-order valence-corrected chi connectivity index (χ4v) is 3.83. The van der Waals surface area contributed by atoms with Crippen LogP contribution < -0.4 is 15.4 Å². The zero-order chi connectivity index (χ0) is 19.1. The van der Waals surface area contributed by atoms with E-state index in [4.69, 9.17) is 9.15 Å². The van der Waals surface area contributed by atoms with E-state index < -0.39 is 5.91 Å². The molecular formula is C20H13N3O4S. The molecule has 0 unspecified atom stereocenters. The Morgan fingerprint density at radius 2 is 2.04 bits per heavy atom. The van der Waals surface area contributed by atoms with Crippen molar-refractivity contribution in [2.24, 2.45) is 0 Å². The summed E-state index contributed by atoms with van der Waals surface area (Å²) in [7, 11) is 0. The minimum Gasteiger partial charge on any atom is -0.482 e. The van der Waals surface area contributed by atoms with Crippen LogP contribution in [0.3, 0.4) is 0 Å². The molecular weight excluding hydrogens is 378 g/mol. The number of ether oxygens (including phenoxy) is 1. The molecule has 138 valence electrons. The van der Waals surface area contributed by atoms with Crippen LogP contribution in [0.2, 0.25) is 0 Å². The first-order chi connectivity index (χ1) is 13.7. The fourth-order valence-electron chi connectivity index (χ4n) is 2.91. The lowest BCUT2D eigenvalue weighted by Crippen LogP contribution is -2.25. The van der Waals surface area contributed by atoms with Crippen LogP contribution in [0, 0.1) is 0 Å². The Bertz CT molecular complexity index is 1190. The molecule has 1 aliphatic rings. The fraction of sp³-hybridized carbons (Fsp3) is 0.0500. The van der Waals surface area contributed by atoms with E-state index in [0.29, 0.717) is 27.9 Å². The van der Waals surface area contributed by atoms with Crippen molar-refractivity contribution in [3.63, 3.8) is 0 Å². The summed E-state index contributed by atoms with van der Waals surface area (Å²) in [6.07, 6.45) is 0. The van der Waals surface area contributed by atoms with Gasteiger partial charge in [0.25, 0.3) is 11.8 Å². The topological polar surface area (TPSA) is 93.5 Å². The van der Waals surface area contributed by atoms with Crippen molar-refractivity contribution in [1.29, 1.82) is 0 Å². The number of para-hydroxylation sites is 1. The van der Waals surface area contributed by atoms with Crippen LogP contribution in [0.5, 0.6) is 5.75 Å². The number of amides is 2. The molecule has 4 aromatic rings. The molecule has 0 saturated carbocycles. The molecule has 0 radical (unpaired) electrons. The van der Waals surface area contributed by atoms with Crippen LogP contribution in [0.25, 0.3) is 21.0 Å². The van der Waals surface area contributed by atoms with Gasteiger partial charge in [0.1, 0.15) is 5.75 Å². The van der Waals surface area contributed by atoms with Gasteiger partial charge in [-0.2, -0.15) is 0 Å². The van der Waals surface area contributed by atoms with E-state index in [2.05, 4.69) is 15.6 Å². The second-order valence-electron chi connectivity index (χ2n) is 6.15. The van der Waals surface area contributed by atoms with E-state index in [9.17, 15) is 9.59 Å². The number of anilines is 2. The molecule has 2 aromatic carbocycles. The number of benzene rings is 2. The number of thiazole rings is 1. The van der Waals surface area contributed by atoms with Crippen LogP contribution >= 0.6 is 11.3 Å². The van der Waals surface area contributed by atoms with Crippen molar-refractivity contribution >= 4 is 44.7 Å². The highest BCUT2D eigenvalue weighted by atomic mass is 32.1. The average molecular weight is 391 g/mol. The first-order valence-corrected chi connectivity index (χ1v) is 9.31. The predicted molar refractivity (Wildman–Crippen MR) is 106 cm³/mol. The van der Waals surface area contributed by atoms with Gasteiger partial charge in [0.2, 0.25) is 0 Å². The van der Waals surface area contributed by atoms with Gasteiger partial charge < -0.3 is 19.8 Å². The lowest BCUT2D eigenvalue weighted by Gasteiger charge is -2.18. The van der Waals surface area contributed by atoms with Gasteiger partial charge in [-0.3, -0.25) is 9.59 Å². The maximum atomic E-state index is 12.5. The van der Waals surface area contributed by atoms with Gasteiger partial charge in [-0.1, -0.05) is 12.1 Å². The van der Waals surface area contributed by atoms with Crippen LogP contribution in [-0.4, -0.2) is 23.4 Å². The summed E-state index contributed by atoms with van der Waals surface area (Å²) >= 11 is 1.50. The number of hydrogen-bond acceptors (Lipinski definition) is 6. The summed E-state index contributed by atoms with van der Waals surface area (Å²) in [5, 5.41) is 6.18. The molecule has 0 spiro atoms. The number of carbonyl (C=O) groups is 2. The molecule has 0 saturated heterocycles. The lowest BCUT2D eigenvalue weighted by molar-refractivity contribution is -0.118. The third-order valence-corrected chi connectivity index (χ3v) is 5.26. The zero-order valence-electron chi connectivity index (χ0n) is 14.4. The maximum Gasteiger partial charge on any atom is 0.291 e. The van der Waals surface area contributed by atoms with Crippen molar-refractivity contribution in [2.75, 3.05) is 17.2 Å². The predicted octanol–water partition coefficient (Wildman–Crippen LogP) is 4.14. The Kier molecular flexibility index (Phi) is 3.84. The Labute approximate surface area is 163 Å². The van der Waals surface area contributed by atoms with Crippen LogP contribution in [0.4, 0.5) is 11.4 Å². The monoisotopic (exact) mass is 391 g/mol. The van der Waals surface area contributed by atoms with Gasteiger partial charge in [0.15, 0.2) is 23.1 Å². The van der Waals surface area contributed by atoms with Gasteiger partial charge >= 0.3 is 0 Å². The minimum atomic E-state index is -0.393. The van der Waals surface area contributed by atoms with Gasteiger partial charge in [0.05, 0.1) is 15.9 Å². The third-order valence-electron chi connectivity index (χ3n) is 4.20. The Balaban J connectivity index is 1.36. The molecule has 0 bridgehead atoms. The van der Waals surface area contributed by atoms with Crippen molar-refractivity contribution < 1.29 is 18.7 Å². The summed E-state index contributed by atoms with van der Waals surface area (Å²) < 4.78 is 12.1. The molecule has 7 nitrogen and oxygen atoms in total. The van der Waals surface area contributed by atoms with Gasteiger partial charge in [0, 0.05) is 5.69 Å². The van der Waals surface area contributed by atoms with Crippen LogP contribution in [0.15, 0.2) is 59.0 Å². The largest absolute Gasteiger partial charge is 0.482 e. The summed E-state index contributed by atoms with van der Waals surface area (Å²) in [4.78, 5) is 28.5. The molecule has 2 N–H and O–H groups in total. The van der Waals surface area contributed by atoms with E-state index in [-0.39, 0.29) is 18.3 Å². The number of hydrogen-bond donors (Lipinski definition) is 2. The van der Waals surface area contributed by atoms with E-state index in [1.165, 1.54) is 11.3 Å². The average Bonchev–Trinajstić information content (AvgIpc) is 3.34.